The summed E-state index contributed by atoms with van der Waals surface area (Å²) in [6.07, 6.45) is 2.94. The van der Waals surface area contributed by atoms with Crippen molar-refractivity contribution in [3.63, 3.8) is 0 Å². The molecule has 3 aliphatic rings. The zero-order chi connectivity index (χ0) is 11.4. The predicted molar refractivity (Wildman–Crippen MR) is 58.4 cm³/mol. The number of hydrogen-bond acceptors (Lipinski definition) is 2. The molecule has 3 rings (SSSR count). The first-order chi connectivity index (χ1) is 6.80. The van der Waals surface area contributed by atoms with Crippen LogP contribution in [0.1, 0.15) is 47.0 Å². The van der Waals surface area contributed by atoms with Crippen LogP contribution in [-0.2, 0) is 9.59 Å². The summed E-state index contributed by atoms with van der Waals surface area (Å²) < 4.78 is 0. The van der Waals surface area contributed by atoms with E-state index in [-0.39, 0.29) is 22.5 Å². The summed E-state index contributed by atoms with van der Waals surface area (Å²) in [5.74, 6) is 0.918. The van der Waals surface area contributed by atoms with E-state index in [0.29, 0.717) is 11.7 Å². The summed E-state index contributed by atoms with van der Waals surface area (Å²) in [6.45, 7) is 7.73. The molecule has 0 spiro atoms. The van der Waals surface area contributed by atoms with Crippen LogP contribution in [0.3, 0.4) is 0 Å². The molecule has 0 aromatic carbocycles. The number of ketones is 2. The molecule has 0 aliphatic heterocycles. The second-order valence-corrected chi connectivity index (χ2v) is 6.10. The number of fused-ring (bicyclic) bond motifs is 3. The Hall–Kier alpha value is -0.660. The Morgan fingerprint density at radius 1 is 1.33 bits per heavy atom. The lowest BCUT2D eigenvalue weighted by atomic mass is 9.46. The van der Waals surface area contributed by atoms with Gasteiger partial charge in [-0.05, 0) is 32.1 Å². The van der Waals surface area contributed by atoms with Crippen molar-refractivity contribution in [2.45, 2.75) is 47.0 Å². The highest BCUT2D eigenvalue weighted by Crippen LogP contribution is 2.58. The fraction of sp³-hybridized carbons (Fsp3) is 0.846. The van der Waals surface area contributed by atoms with Crippen LogP contribution in [0.4, 0.5) is 0 Å². The second-order valence-electron chi connectivity index (χ2n) is 6.10. The maximum absolute atomic E-state index is 12.4. The fourth-order valence-corrected chi connectivity index (χ4v) is 3.77. The molecule has 0 amide bonds. The SMILES string of the molecule is CC(=O)C1CC2CCC1(C)C(=O)C2(C)C. The summed E-state index contributed by atoms with van der Waals surface area (Å²) in [7, 11) is 0. The van der Waals surface area contributed by atoms with Gasteiger partial charge >= 0.3 is 0 Å². The molecule has 3 atom stereocenters. The van der Waals surface area contributed by atoms with Gasteiger partial charge in [-0.3, -0.25) is 9.59 Å². The molecule has 3 fully saturated rings. The van der Waals surface area contributed by atoms with E-state index in [1.54, 1.807) is 6.92 Å². The van der Waals surface area contributed by atoms with Gasteiger partial charge in [0.1, 0.15) is 11.6 Å². The molecule has 0 aromatic rings. The predicted octanol–water partition coefficient (Wildman–Crippen LogP) is 2.61. The standard InChI is InChI=1S/C13H20O2/c1-8(14)10-7-9-5-6-13(10,4)11(15)12(9,2)3/h9-10H,5-7H2,1-4H3. The molecule has 2 bridgehead atoms. The number of hydrogen-bond donors (Lipinski definition) is 0. The first-order valence-corrected chi connectivity index (χ1v) is 5.85. The van der Waals surface area contributed by atoms with Crippen molar-refractivity contribution in [2.24, 2.45) is 22.7 Å². The molecular weight excluding hydrogens is 188 g/mol. The van der Waals surface area contributed by atoms with Gasteiger partial charge in [0.15, 0.2) is 0 Å². The van der Waals surface area contributed by atoms with Gasteiger partial charge in [-0.25, -0.2) is 0 Å². The summed E-state index contributed by atoms with van der Waals surface area (Å²) in [5.41, 5.74) is -0.580. The van der Waals surface area contributed by atoms with Gasteiger partial charge in [0, 0.05) is 16.7 Å². The Morgan fingerprint density at radius 3 is 2.47 bits per heavy atom. The van der Waals surface area contributed by atoms with Gasteiger partial charge in [0.2, 0.25) is 0 Å². The van der Waals surface area contributed by atoms with E-state index in [9.17, 15) is 9.59 Å². The maximum atomic E-state index is 12.4. The van der Waals surface area contributed by atoms with E-state index in [2.05, 4.69) is 0 Å². The topological polar surface area (TPSA) is 34.1 Å². The number of carbonyl (C=O) groups excluding carboxylic acids is 2. The molecule has 2 heteroatoms. The highest BCUT2D eigenvalue weighted by atomic mass is 16.1. The van der Waals surface area contributed by atoms with Crippen molar-refractivity contribution >= 4 is 11.6 Å². The Kier molecular flexibility index (Phi) is 2.12. The van der Waals surface area contributed by atoms with Gasteiger partial charge in [-0.15, -0.1) is 0 Å². The van der Waals surface area contributed by atoms with E-state index in [0.717, 1.165) is 19.3 Å². The lowest BCUT2D eigenvalue weighted by Crippen LogP contribution is -2.58. The monoisotopic (exact) mass is 208 g/mol. The molecule has 84 valence electrons. The van der Waals surface area contributed by atoms with Crippen molar-refractivity contribution in [1.82, 2.24) is 0 Å². The third-order valence-electron chi connectivity index (χ3n) is 4.92. The lowest BCUT2D eigenvalue weighted by molar-refractivity contribution is -0.164. The molecule has 3 saturated carbocycles. The minimum absolute atomic E-state index is 0.0169. The minimum atomic E-state index is -0.371. The summed E-state index contributed by atoms with van der Waals surface area (Å²) >= 11 is 0. The Balaban J connectivity index is 2.43. The first kappa shape index (κ1) is 10.8. The van der Waals surface area contributed by atoms with Crippen LogP contribution in [0.5, 0.6) is 0 Å². The lowest BCUT2D eigenvalue weighted by Gasteiger charge is -2.55. The molecule has 3 aliphatic carbocycles. The van der Waals surface area contributed by atoms with Crippen molar-refractivity contribution in [1.29, 1.82) is 0 Å². The van der Waals surface area contributed by atoms with Gasteiger partial charge in [0.05, 0.1) is 0 Å². The number of rotatable bonds is 1. The minimum Gasteiger partial charge on any atom is -0.300 e. The molecule has 0 heterocycles. The zero-order valence-electron chi connectivity index (χ0n) is 10.1. The van der Waals surface area contributed by atoms with Gasteiger partial charge in [0.25, 0.3) is 0 Å². The van der Waals surface area contributed by atoms with Gasteiger partial charge in [-0.1, -0.05) is 20.8 Å². The highest BCUT2D eigenvalue weighted by molar-refractivity contribution is 5.96. The van der Waals surface area contributed by atoms with Crippen molar-refractivity contribution in [3.05, 3.63) is 0 Å². The molecule has 0 N–H and O–H groups in total. The van der Waals surface area contributed by atoms with Crippen LogP contribution >= 0.6 is 0 Å². The van der Waals surface area contributed by atoms with Gasteiger partial charge < -0.3 is 0 Å². The van der Waals surface area contributed by atoms with Crippen LogP contribution in [0.25, 0.3) is 0 Å². The highest BCUT2D eigenvalue weighted by Gasteiger charge is 2.60. The summed E-state index contributed by atoms with van der Waals surface area (Å²) in [5, 5.41) is 0. The number of Topliss-reactive ketones (excluding diaryl/α,β-unsaturated/α-hetero) is 2. The van der Waals surface area contributed by atoms with Crippen LogP contribution in [-0.4, -0.2) is 11.6 Å². The summed E-state index contributed by atoms with van der Waals surface area (Å²) in [4.78, 5) is 24.0. The average Bonchev–Trinajstić information content (AvgIpc) is 2.14. The second kappa shape index (κ2) is 2.93. The average molecular weight is 208 g/mol. The normalized spacial score (nSPS) is 43.1. The van der Waals surface area contributed by atoms with Crippen LogP contribution < -0.4 is 0 Å². The Morgan fingerprint density at radius 2 is 1.93 bits per heavy atom. The molecule has 3 unspecified atom stereocenters. The Bertz CT molecular complexity index is 329. The third kappa shape index (κ3) is 1.23. The van der Waals surface area contributed by atoms with Crippen molar-refractivity contribution < 1.29 is 9.59 Å². The quantitative estimate of drug-likeness (QED) is 0.663. The fourth-order valence-electron chi connectivity index (χ4n) is 3.77. The number of carbonyl (C=O) groups is 2. The molecular formula is C13H20O2. The van der Waals surface area contributed by atoms with Crippen molar-refractivity contribution in [2.75, 3.05) is 0 Å². The third-order valence-corrected chi connectivity index (χ3v) is 4.92. The van der Waals surface area contributed by atoms with Crippen LogP contribution in [0.2, 0.25) is 0 Å². The van der Waals surface area contributed by atoms with Crippen LogP contribution in [0.15, 0.2) is 0 Å². The molecule has 2 nitrogen and oxygen atoms in total. The van der Waals surface area contributed by atoms with E-state index >= 15 is 0 Å². The van der Waals surface area contributed by atoms with Crippen LogP contribution in [0, 0.1) is 22.7 Å². The van der Waals surface area contributed by atoms with E-state index < -0.39 is 0 Å². The first-order valence-electron chi connectivity index (χ1n) is 5.85. The molecule has 0 saturated heterocycles. The Labute approximate surface area is 91.4 Å². The molecule has 15 heavy (non-hydrogen) atoms. The largest absolute Gasteiger partial charge is 0.300 e. The van der Waals surface area contributed by atoms with E-state index in [1.165, 1.54) is 0 Å². The summed E-state index contributed by atoms with van der Waals surface area (Å²) in [6, 6.07) is 0. The smallest absolute Gasteiger partial charge is 0.145 e. The van der Waals surface area contributed by atoms with E-state index in [1.807, 2.05) is 20.8 Å². The zero-order valence-corrected chi connectivity index (χ0v) is 10.1. The van der Waals surface area contributed by atoms with Gasteiger partial charge in [-0.2, -0.15) is 0 Å². The maximum Gasteiger partial charge on any atom is 0.145 e. The molecule has 0 radical (unpaired) electrons. The van der Waals surface area contributed by atoms with Crippen molar-refractivity contribution in [3.8, 4) is 0 Å². The molecule has 0 aromatic heterocycles. The van der Waals surface area contributed by atoms with E-state index in [4.69, 9.17) is 0 Å².